The summed E-state index contributed by atoms with van der Waals surface area (Å²) in [5.41, 5.74) is 4.69. The molecule has 6 rings (SSSR count). The lowest BCUT2D eigenvalue weighted by Crippen LogP contribution is -2.10. The van der Waals surface area contributed by atoms with Crippen LogP contribution in [0.1, 0.15) is 0 Å². The first-order chi connectivity index (χ1) is 18.5. The molecule has 0 saturated carbocycles. The first kappa shape index (κ1) is 22.9. The molecule has 0 fully saturated rings. The SMILES string of the molecule is O=[N+]([O-])c1cccc(N(c2cccc([N+](=O)[O-])c2)c2ccc3c(c2)c2ccccc2n3-c2ccccc2)c1. The van der Waals surface area contributed by atoms with Gasteiger partial charge in [0.2, 0.25) is 0 Å². The van der Waals surface area contributed by atoms with Gasteiger partial charge in [-0.1, -0.05) is 48.5 Å². The first-order valence-electron chi connectivity index (χ1n) is 11.9. The molecule has 0 aliphatic carbocycles. The molecule has 0 unspecified atom stereocenters. The van der Waals surface area contributed by atoms with Crippen molar-refractivity contribution < 1.29 is 9.85 Å². The number of hydrogen-bond acceptors (Lipinski definition) is 5. The van der Waals surface area contributed by atoms with E-state index < -0.39 is 9.85 Å². The second-order valence-corrected chi connectivity index (χ2v) is 8.78. The summed E-state index contributed by atoms with van der Waals surface area (Å²) in [5.74, 6) is 0. The Bertz CT molecular complexity index is 1790. The van der Waals surface area contributed by atoms with E-state index in [-0.39, 0.29) is 11.4 Å². The number of benzene rings is 5. The van der Waals surface area contributed by atoms with E-state index in [9.17, 15) is 20.2 Å². The molecule has 0 amide bonds. The maximum atomic E-state index is 11.5. The molecule has 8 heteroatoms. The zero-order valence-corrected chi connectivity index (χ0v) is 20.0. The first-order valence-corrected chi connectivity index (χ1v) is 11.9. The molecule has 5 aromatic carbocycles. The molecule has 6 aromatic rings. The van der Waals surface area contributed by atoms with E-state index in [1.165, 1.54) is 24.3 Å². The van der Waals surface area contributed by atoms with Crippen LogP contribution in [-0.4, -0.2) is 14.4 Å². The van der Waals surface area contributed by atoms with Crippen LogP contribution in [0.5, 0.6) is 0 Å². The van der Waals surface area contributed by atoms with Crippen molar-refractivity contribution in [2.24, 2.45) is 0 Å². The third-order valence-electron chi connectivity index (χ3n) is 6.53. The molecular formula is C30H20N4O4. The number of anilines is 3. The number of para-hydroxylation sites is 2. The van der Waals surface area contributed by atoms with Crippen molar-refractivity contribution in [2.75, 3.05) is 4.90 Å². The van der Waals surface area contributed by atoms with Crippen LogP contribution in [0, 0.1) is 20.2 Å². The average Bonchev–Trinajstić information content (AvgIpc) is 3.28. The standard InChI is InChI=1S/C30H20N4O4/c35-33(36)25-12-6-10-22(18-25)31(23-11-7-13-26(19-23)34(37)38)24-16-17-30-28(20-24)27-14-4-5-15-29(27)32(30)21-8-2-1-3-9-21/h1-20H. The Morgan fingerprint density at radius 2 is 1.08 bits per heavy atom. The Morgan fingerprint density at radius 3 is 1.71 bits per heavy atom. The summed E-state index contributed by atoms with van der Waals surface area (Å²) >= 11 is 0. The number of nitro groups is 2. The van der Waals surface area contributed by atoms with Gasteiger partial charge in [-0.25, -0.2) is 0 Å². The summed E-state index contributed by atoms with van der Waals surface area (Å²) in [5, 5.41) is 25.1. The summed E-state index contributed by atoms with van der Waals surface area (Å²) < 4.78 is 2.19. The Morgan fingerprint density at radius 1 is 0.526 bits per heavy atom. The van der Waals surface area contributed by atoms with E-state index in [1.807, 2.05) is 48.5 Å². The Kier molecular flexibility index (Phi) is 5.54. The molecule has 0 spiro atoms. The van der Waals surface area contributed by atoms with Crippen molar-refractivity contribution in [2.45, 2.75) is 0 Å². The van der Waals surface area contributed by atoms with E-state index in [0.29, 0.717) is 11.4 Å². The molecule has 0 radical (unpaired) electrons. The van der Waals surface area contributed by atoms with Crippen LogP contribution in [-0.2, 0) is 0 Å². The number of non-ortho nitro benzene ring substituents is 2. The van der Waals surface area contributed by atoms with Crippen molar-refractivity contribution in [3.63, 3.8) is 0 Å². The van der Waals surface area contributed by atoms with Gasteiger partial charge in [0.05, 0.1) is 32.3 Å². The van der Waals surface area contributed by atoms with Crippen molar-refractivity contribution in [3.05, 3.63) is 142 Å². The highest BCUT2D eigenvalue weighted by Gasteiger charge is 2.20. The minimum Gasteiger partial charge on any atom is -0.310 e. The van der Waals surface area contributed by atoms with Crippen LogP contribution in [0.4, 0.5) is 28.4 Å². The third-order valence-corrected chi connectivity index (χ3v) is 6.53. The van der Waals surface area contributed by atoms with Crippen LogP contribution < -0.4 is 4.90 Å². The van der Waals surface area contributed by atoms with Crippen molar-refractivity contribution in [3.8, 4) is 5.69 Å². The lowest BCUT2D eigenvalue weighted by atomic mass is 10.1. The van der Waals surface area contributed by atoms with Crippen molar-refractivity contribution >= 4 is 50.2 Å². The van der Waals surface area contributed by atoms with Gasteiger partial charge >= 0.3 is 0 Å². The van der Waals surface area contributed by atoms with Gasteiger partial charge in [-0.05, 0) is 48.5 Å². The molecule has 8 nitrogen and oxygen atoms in total. The third kappa shape index (κ3) is 3.90. The lowest BCUT2D eigenvalue weighted by molar-refractivity contribution is -0.384. The number of aromatic nitrogens is 1. The van der Waals surface area contributed by atoms with Crippen molar-refractivity contribution in [1.82, 2.24) is 4.57 Å². The van der Waals surface area contributed by atoms with E-state index in [1.54, 1.807) is 29.2 Å². The summed E-state index contributed by atoms with van der Waals surface area (Å²) in [6, 6.07) is 36.7. The monoisotopic (exact) mass is 500 g/mol. The smallest absolute Gasteiger partial charge is 0.271 e. The van der Waals surface area contributed by atoms with Crippen LogP contribution in [0.3, 0.4) is 0 Å². The van der Waals surface area contributed by atoms with Crippen LogP contribution in [0.2, 0.25) is 0 Å². The number of hydrogen-bond donors (Lipinski definition) is 0. The topological polar surface area (TPSA) is 94.5 Å². The molecular weight excluding hydrogens is 480 g/mol. The van der Waals surface area contributed by atoms with E-state index in [4.69, 9.17) is 0 Å². The van der Waals surface area contributed by atoms with Gasteiger partial charge in [-0.2, -0.15) is 0 Å². The second kappa shape index (κ2) is 9.18. The quantitative estimate of drug-likeness (QED) is 0.170. The van der Waals surface area contributed by atoms with Gasteiger partial charge in [0.15, 0.2) is 0 Å². The number of fused-ring (bicyclic) bond motifs is 3. The van der Waals surface area contributed by atoms with Gasteiger partial charge in [0.25, 0.3) is 11.4 Å². The largest absolute Gasteiger partial charge is 0.310 e. The Balaban J connectivity index is 1.62. The summed E-state index contributed by atoms with van der Waals surface area (Å²) in [4.78, 5) is 24.0. The molecule has 184 valence electrons. The Labute approximate surface area is 216 Å². The normalized spacial score (nSPS) is 11.1. The van der Waals surface area contributed by atoms with E-state index in [2.05, 4.69) is 28.8 Å². The molecule has 0 bridgehead atoms. The van der Waals surface area contributed by atoms with Gasteiger partial charge < -0.3 is 9.47 Å². The van der Waals surface area contributed by atoms with Crippen LogP contribution in [0.15, 0.2) is 121 Å². The summed E-state index contributed by atoms with van der Waals surface area (Å²) in [7, 11) is 0. The van der Waals surface area contributed by atoms with Crippen LogP contribution in [0.25, 0.3) is 27.5 Å². The number of rotatable bonds is 6. The van der Waals surface area contributed by atoms with Crippen molar-refractivity contribution in [1.29, 1.82) is 0 Å². The Hall–Kier alpha value is -5.50. The molecule has 0 atom stereocenters. The minimum atomic E-state index is -0.453. The molecule has 0 saturated heterocycles. The van der Waals surface area contributed by atoms with E-state index >= 15 is 0 Å². The van der Waals surface area contributed by atoms with Gasteiger partial charge in [0, 0.05) is 46.4 Å². The minimum absolute atomic E-state index is 0.0697. The molecule has 0 aliphatic rings. The van der Waals surface area contributed by atoms with Gasteiger partial charge in [-0.15, -0.1) is 0 Å². The number of nitro benzene ring substituents is 2. The highest BCUT2D eigenvalue weighted by atomic mass is 16.6. The molecule has 1 aromatic heterocycles. The van der Waals surface area contributed by atoms with Gasteiger partial charge in [-0.3, -0.25) is 20.2 Å². The maximum Gasteiger partial charge on any atom is 0.271 e. The predicted molar refractivity (Wildman–Crippen MR) is 149 cm³/mol. The highest BCUT2D eigenvalue weighted by molar-refractivity contribution is 6.10. The average molecular weight is 501 g/mol. The molecule has 38 heavy (non-hydrogen) atoms. The molecule has 0 aliphatic heterocycles. The zero-order valence-electron chi connectivity index (χ0n) is 20.0. The summed E-state index contributed by atoms with van der Waals surface area (Å²) in [6.45, 7) is 0. The fourth-order valence-electron chi connectivity index (χ4n) is 4.89. The molecule has 0 N–H and O–H groups in total. The predicted octanol–water partition coefficient (Wildman–Crippen LogP) is 8.07. The zero-order chi connectivity index (χ0) is 26.2. The molecule has 1 heterocycles. The summed E-state index contributed by atoms with van der Waals surface area (Å²) in [6.07, 6.45) is 0. The van der Waals surface area contributed by atoms with E-state index in [0.717, 1.165) is 33.2 Å². The number of nitrogens with zero attached hydrogens (tertiary/aromatic N) is 4. The highest BCUT2D eigenvalue weighted by Crippen LogP contribution is 2.41. The second-order valence-electron chi connectivity index (χ2n) is 8.78. The lowest BCUT2D eigenvalue weighted by Gasteiger charge is -2.25. The van der Waals surface area contributed by atoms with Crippen LogP contribution >= 0.6 is 0 Å². The van der Waals surface area contributed by atoms with Gasteiger partial charge in [0.1, 0.15) is 0 Å². The fraction of sp³-hybridized carbons (Fsp3) is 0. The fourth-order valence-corrected chi connectivity index (χ4v) is 4.89. The maximum absolute atomic E-state index is 11.5.